The number of nitrogens with zero attached hydrogens (tertiary/aromatic N) is 2. The highest BCUT2D eigenvalue weighted by atomic mass is 35.5. The first-order chi connectivity index (χ1) is 9.88. The fraction of sp³-hybridized carbons (Fsp3) is 0.333. The van der Waals surface area contributed by atoms with Crippen molar-refractivity contribution >= 4 is 17.6 Å². The summed E-state index contributed by atoms with van der Waals surface area (Å²) >= 11 is 6.16. The van der Waals surface area contributed by atoms with E-state index in [1.165, 1.54) is 0 Å². The van der Waals surface area contributed by atoms with Crippen LogP contribution in [0.4, 0.5) is 0 Å². The maximum atomic E-state index is 11.7. The van der Waals surface area contributed by atoms with Crippen LogP contribution in [0.2, 0.25) is 5.02 Å². The SMILES string of the molecule is Cc1ccc(Cl)c([C@@H](C(=O)O)N(C)Cc2cc(C)no2)c1. The summed E-state index contributed by atoms with van der Waals surface area (Å²) in [5, 5.41) is 13.8. The van der Waals surface area contributed by atoms with Gasteiger partial charge < -0.3 is 9.63 Å². The van der Waals surface area contributed by atoms with Crippen molar-refractivity contribution in [1.29, 1.82) is 0 Å². The second kappa shape index (κ2) is 6.28. The van der Waals surface area contributed by atoms with Crippen LogP contribution in [0.5, 0.6) is 0 Å². The van der Waals surface area contributed by atoms with Crippen LogP contribution < -0.4 is 0 Å². The van der Waals surface area contributed by atoms with Crippen molar-refractivity contribution in [2.24, 2.45) is 0 Å². The van der Waals surface area contributed by atoms with Crippen LogP contribution in [0.3, 0.4) is 0 Å². The second-order valence-electron chi connectivity index (χ2n) is 5.12. The summed E-state index contributed by atoms with van der Waals surface area (Å²) < 4.78 is 5.14. The van der Waals surface area contributed by atoms with Gasteiger partial charge in [0.1, 0.15) is 6.04 Å². The van der Waals surface area contributed by atoms with Crippen LogP contribution in [-0.2, 0) is 11.3 Å². The molecule has 0 amide bonds. The van der Waals surface area contributed by atoms with Gasteiger partial charge in [0.2, 0.25) is 0 Å². The van der Waals surface area contributed by atoms with E-state index in [2.05, 4.69) is 5.16 Å². The Kier molecular flexibility index (Phi) is 4.65. The molecule has 0 aliphatic carbocycles. The van der Waals surface area contributed by atoms with E-state index in [4.69, 9.17) is 16.1 Å². The number of carboxylic acids is 1. The molecule has 1 N–H and O–H groups in total. The van der Waals surface area contributed by atoms with Crippen molar-refractivity contribution in [2.45, 2.75) is 26.4 Å². The molecule has 0 unspecified atom stereocenters. The smallest absolute Gasteiger partial charge is 0.325 e. The molecule has 0 spiro atoms. The Bertz CT molecular complexity index is 654. The van der Waals surface area contributed by atoms with Gasteiger partial charge in [-0.2, -0.15) is 0 Å². The van der Waals surface area contributed by atoms with Gasteiger partial charge in [0.25, 0.3) is 0 Å². The molecule has 2 aromatic rings. The Morgan fingerprint density at radius 1 is 1.43 bits per heavy atom. The van der Waals surface area contributed by atoms with Crippen LogP contribution in [0.15, 0.2) is 28.8 Å². The number of benzene rings is 1. The summed E-state index contributed by atoms with van der Waals surface area (Å²) in [5.41, 5.74) is 2.30. The zero-order valence-corrected chi connectivity index (χ0v) is 12.9. The summed E-state index contributed by atoms with van der Waals surface area (Å²) in [7, 11) is 1.72. The topological polar surface area (TPSA) is 66.6 Å². The van der Waals surface area contributed by atoms with Crippen molar-refractivity contribution in [3.05, 3.63) is 51.9 Å². The van der Waals surface area contributed by atoms with E-state index < -0.39 is 12.0 Å². The third-order valence-corrected chi connectivity index (χ3v) is 3.55. The van der Waals surface area contributed by atoms with Crippen LogP contribution in [0, 0.1) is 13.8 Å². The van der Waals surface area contributed by atoms with E-state index in [0.717, 1.165) is 11.3 Å². The number of likely N-dealkylation sites (N-methyl/N-ethyl adjacent to an activating group) is 1. The van der Waals surface area contributed by atoms with Gasteiger partial charge in [-0.05, 0) is 32.5 Å². The van der Waals surface area contributed by atoms with Crippen molar-refractivity contribution in [3.8, 4) is 0 Å². The first-order valence-electron chi connectivity index (χ1n) is 6.49. The monoisotopic (exact) mass is 308 g/mol. The Labute approximate surface area is 128 Å². The first-order valence-corrected chi connectivity index (χ1v) is 6.87. The number of carboxylic acid groups (broad SMARTS) is 1. The number of aliphatic carboxylic acids is 1. The molecule has 0 fully saturated rings. The fourth-order valence-electron chi connectivity index (χ4n) is 2.26. The summed E-state index contributed by atoms with van der Waals surface area (Å²) in [6.45, 7) is 4.06. The summed E-state index contributed by atoms with van der Waals surface area (Å²) in [5.74, 6) is -0.341. The number of aromatic nitrogens is 1. The molecular weight excluding hydrogens is 292 g/mol. The highest BCUT2D eigenvalue weighted by molar-refractivity contribution is 6.31. The van der Waals surface area contributed by atoms with Gasteiger partial charge in [0.05, 0.1) is 12.2 Å². The van der Waals surface area contributed by atoms with Crippen molar-refractivity contribution < 1.29 is 14.4 Å². The second-order valence-corrected chi connectivity index (χ2v) is 5.52. The molecule has 0 bridgehead atoms. The van der Waals surface area contributed by atoms with Gasteiger partial charge >= 0.3 is 5.97 Å². The standard InChI is InChI=1S/C15H17ClN2O3/c1-9-4-5-13(16)12(6-9)14(15(19)20)18(3)8-11-7-10(2)17-21-11/h4-7,14H,8H2,1-3H3,(H,19,20)/t14-/m0/s1. The van der Waals surface area contributed by atoms with Gasteiger partial charge in [0, 0.05) is 11.1 Å². The maximum Gasteiger partial charge on any atom is 0.325 e. The lowest BCUT2D eigenvalue weighted by Crippen LogP contribution is -2.30. The largest absolute Gasteiger partial charge is 0.480 e. The molecule has 6 heteroatoms. The van der Waals surface area contributed by atoms with Gasteiger partial charge in [-0.1, -0.05) is 34.5 Å². The molecule has 0 radical (unpaired) electrons. The van der Waals surface area contributed by atoms with Crippen LogP contribution in [-0.4, -0.2) is 28.2 Å². The number of aryl methyl sites for hydroxylation is 2. The van der Waals surface area contributed by atoms with Gasteiger partial charge in [0.15, 0.2) is 5.76 Å². The Balaban J connectivity index is 2.30. The third-order valence-electron chi connectivity index (χ3n) is 3.20. The molecule has 1 atom stereocenters. The molecule has 1 heterocycles. The highest BCUT2D eigenvalue weighted by Crippen LogP contribution is 2.29. The minimum Gasteiger partial charge on any atom is -0.480 e. The van der Waals surface area contributed by atoms with E-state index in [1.807, 2.05) is 19.9 Å². The Morgan fingerprint density at radius 3 is 2.71 bits per heavy atom. The molecule has 5 nitrogen and oxygen atoms in total. The summed E-state index contributed by atoms with van der Waals surface area (Å²) in [6.07, 6.45) is 0. The number of carbonyl (C=O) groups is 1. The molecule has 2 rings (SSSR count). The van der Waals surface area contributed by atoms with E-state index in [1.54, 1.807) is 30.1 Å². The summed E-state index contributed by atoms with van der Waals surface area (Å²) in [4.78, 5) is 13.3. The fourth-order valence-corrected chi connectivity index (χ4v) is 2.48. The normalized spacial score (nSPS) is 12.6. The minimum atomic E-state index is -0.957. The molecule has 0 saturated heterocycles. The quantitative estimate of drug-likeness (QED) is 0.918. The van der Waals surface area contributed by atoms with E-state index >= 15 is 0 Å². The molecule has 112 valence electrons. The number of halogens is 1. The molecular formula is C15H17ClN2O3. The number of hydrogen-bond acceptors (Lipinski definition) is 4. The number of hydrogen-bond donors (Lipinski definition) is 1. The predicted molar refractivity (Wildman–Crippen MR) is 79.3 cm³/mol. The lowest BCUT2D eigenvalue weighted by Gasteiger charge is -2.24. The van der Waals surface area contributed by atoms with Crippen molar-refractivity contribution in [2.75, 3.05) is 7.05 Å². The predicted octanol–water partition coefficient (Wildman–Crippen LogP) is 3.20. The van der Waals surface area contributed by atoms with Gasteiger partial charge in [-0.15, -0.1) is 0 Å². The maximum absolute atomic E-state index is 11.7. The molecule has 0 aliphatic rings. The van der Waals surface area contributed by atoms with Gasteiger partial charge in [-0.25, -0.2) is 0 Å². The number of rotatable bonds is 5. The minimum absolute atomic E-state index is 0.335. The average molecular weight is 309 g/mol. The van der Waals surface area contributed by atoms with E-state index in [0.29, 0.717) is 22.9 Å². The molecule has 0 aliphatic heterocycles. The lowest BCUT2D eigenvalue weighted by molar-refractivity contribution is -0.143. The van der Waals surface area contributed by atoms with E-state index in [-0.39, 0.29) is 0 Å². The molecule has 21 heavy (non-hydrogen) atoms. The Morgan fingerprint density at radius 2 is 2.14 bits per heavy atom. The highest BCUT2D eigenvalue weighted by Gasteiger charge is 2.27. The lowest BCUT2D eigenvalue weighted by atomic mass is 10.0. The first kappa shape index (κ1) is 15.5. The van der Waals surface area contributed by atoms with Gasteiger partial charge in [-0.3, -0.25) is 9.69 Å². The summed E-state index contributed by atoms with van der Waals surface area (Å²) in [6, 6.07) is 6.30. The van der Waals surface area contributed by atoms with Crippen molar-refractivity contribution in [1.82, 2.24) is 10.1 Å². The zero-order chi connectivity index (χ0) is 15.6. The van der Waals surface area contributed by atoms with E-state index in [9.17, 15) is 9.90 Å². The third kappa shape index (κ3) is 3.62. The van der Waals surface area contributed by atoms with Crippen LogP contribution >= 0.6 is 11.6 Å². The molecule has 0 saturated carbocycles. The van der Waals surface area contributed by atoms with Crippen LogP contribution in [0.1, 0.15) is 28.6 Å². The zero-order valence-electron chi connectivity index (χ0n) is 12.1. The van der Waals surface area contributed by atoms with Crippen molar-refractivity contribution in [3.63, 3.8) is 0 Å². The molecule has 1 aromatic heterocycles. The van der Waals surface area contributed by atoms with Crippen LogP contribution in [0.25, 0.3) is 0 Å². The molecule has 1 aromatic carbocycles. The average Bonchev–Trinajstić information content (AvgIpc) is 2.79. The Hall–Kier alpha value is -1.85.